The van der Waals surface area contributed by atoms with Crippen LogP contribution in [0.4, 0.5) is 0 Å². The minimum absolute atomic E-state index is 0. The number of sulfone groups is 1. The number of hydrogen-bond donors (Lipinski definition) is 1. The fourth-order valence-electron chi connectivity index (χ4n) is 3.43. The van der Waals surface area contributed by atoms with E-state index < -0.39 is 9.84 Å². The van der Waals surface area contributed by atoms with Crippen molar-refractivity contribution in [3.63, 3.8) is 0 Å². The van der Waals surface area contributed by atoms with E-state index in [4.69, 9.17) is 10.3 Å². The second-order valence-corrected chi connectivity index (χ2v) is 9.03. The van der Waals surface area contributed by atoms with Crippen LogP contribution in [0, 0.1) is 0 Å². The molecule has 1 aromatic heterocycles. The molecule has 6 nitrogen and oxygen atoms in total. The highest BCUT2D eigenvalue weighted by Crippen LogP contribution is 2.31. The zero-order valence-corrected chi connectivity index (χ0v) is 16.9. The van der Waals surface area contributed by atoms with Crippen molar-refractivity contribution in [3.05, 3.63) is 54.1 Å². The van der Waals surface area contributed by atoms with E-state index in [0.29, 0.717) is 28.7 Å². The summed E-state index contributed by atoms with van der Waals surface area (Å²) in [7, 11) is -3.26. The number of halogens is 1. The molecule has 1 heterocycles. The van der Waals surface area contributed by atoms with Crippen molar-refractivity contribution in [1.29, 1.82) is 0 Å². The van der Waals surface area contributed by atoms with E-state index in [1.807, 2.05) is 24.3 Å². The summed E-state index contributed by atoms with van der Waals surface area (Å²) in [6, 6.07) is 14.3. The molecule has 3 aromatic rings. The summed E-state index contributed by atoms with van der Waals surface area (Å²) in [6.07, 6.45) is 3.47. The van der Waals surface area contributed by atoms with Gasteiger partial charge in [-0.3, -0.25) is 0 Å². The van der Waals surface area contributed by atoms with Crippen LogP contribution in [0.2, 0.25) is 0 Å². The zero-order valence-electron chi connectivity index (χ0n) is 15.2. The van der Waals surface area contributed by atoms with Gasteiger partial charge in [-0.25, -0.2) is 8.42 Å². The lowest BCUT2D eigenvalue weighted by atomic mass is 10.1. The van der Waals surface area contributed by atoms with Gasteiger partial charge in [0.25, 0.3) is 5.89 Å². The third-order valence-corrected chi connectivity index (χ3v) is 7.32. The fraction of sp³-hybridized carbons (Fsp3) is 0.300. The van der Waals surface area contributed by atoms with Crippen LogP contribution >= 0.6 is 12.4 Å². The molecule has 0 saturated heterocycles. The van der Waals surface area contributed by atoms with Crippen LogP contribution in [0.1, 0.15) is 31.2 Å². The van der Waals surface area contributed by atoms with Gasteiger partial charge in [-0.1, -0.05) is 42.3 Å². The molecule has 1 aliphatic carbocycles. The van der Waals surface area contributed by atoms with Gasteiger partial charge in [0.15, 0.2) is 9.84 Å². The van der Waals surface area contributed by atoms with E-state index in [-0.39, 0.29) is 17.7 Å². The van der Waals surface area contributed by atoms with Crippen molar-refractivity contribution in [2.75, 3.05) is 0 Å². The SMILES string of the molecule is Cl.NCc1ccc(-c2noc(-c3ccc(S(=O)(=O)C4CCCC4)cc3)n2)cc1. The van der Waals surface area contributed by atoms with Gasteiger partial charge in [0.05, 0.1) is 10.1 Å². The van der Waals surface area contributed by atoms with Crippen molar-refractivity contribution in [3.8, 4) is 22.8 Å². The molecular weight excluding hydrogens is 398 g/mol. The molecule has 2 N–H and O–H groups in total. The quantitative estimate of drug-likeness (QED) is 0.670. The number of nitrogens with two attached hydrogens (primary N) is 1. The molecule has 1 saturated carbocycles. The van der Waals surface area contributed by atoms with E-state index in [1.165, 1.54) is 0 Å². The van der Waals surface area contributed by atoms with Crippen LogP contribution < -0.4 is 5.73 Å². The molecule has 8 heteroatoms. The molecule has 1 fully saturated rings. The highest BCUT2D eigenvalue weighted by atomic mass is 35.5. The van der Waals surface area contributed by atoms with Gasteiger partial charge < -0.3 is 10.3 Å². The molecule has 0 unspecified atom stereocenters. The molecule has 148 valence electrons. The van der Waals surface area contributed by atoms with Crippen LogP contribution in [0.15, 0.2) is 57.9 Å². The van der Waals surface area contributed by atoms with Gasteiger partial charge in [0.1, 0.15) is 0 Å². The van der Waals surface area contributed by atoms with E-state index >= 15 is 0 Å². The first-order chi connectivity index (χ1) is 13.1. The van der Waals surface area contributed by atoms with E-state index in [1.54, 1.807) is 24.3 Å². The Bertz CT molecular complexity index is 1030. The average Bonchev–Trinajstić information content (AvgIpc) is 3.41. The minimum atomic E-state index is -3.26. The number of benzene rings is 2. The highest BCUT2D eigenvalue weighted by molar-refractivity contribution is 7.92. The maximum absolute atomic E-state index is 12.7. The van der Waals surface area contributed by atoms with Gasteiger partial charge in [-0.15, -0.1) is 12.4 Å². The van der Waals surface area contributed by atoms with Crippen molar-refractivity contribution >= 4 is 22.2 Å². The zero-order chi connectivity index (χ0) is 18.9. The molecule has 2 aromatic carbocycles. The van der Waals surface area contributed by atoms with E-state index in [9.17, 15) is 8.42 Å². The number of nitrogens with zero attached hydrogens (tertiary/aromatic N) is 2. The lowest BCUT2D eigenvalue weighted by Crippen LogP contribution is -2.17. The molecule has 0 aliphatic heterocycles. The Labute approximate surface area is 170 Å². The highest BCUT2D eigenvalue weighted by Gasteiger charge is 2.30. The van der Waals surface area contributed by atoms with Crippen molar-refractivity contribution < 1.29 is 12.9 Å². The Morgan fingerprint density at radius 3 is 2.18 bits per heavy atom. The molecule has 28 heavy (non-hydrogen) atoms. The van der Waals surface area contributed by atoms with Gasteiger partial charge in [-0.05, 0) is 42.7 Å². The standard InChI is InChI=1S/C20H21N3O3S.ClH/c21-13-14-5-7-15(8-6-14)19-22-20(26-23-19)16-9-11-18(12-10-16)27(24,25)17-3-1-2-4-17;/h5-12,17H,1-4,13,21H2;1H. The molecule has 4 rings (SSSR count). The average molecular weight is 420 g/mol. The number of rotatable bonds is 5. The Morgan fingerprint density at radius 2 is 1.57 bits per heavy atom. The topological polar surface area (TPSA) is 99.1 Å². The monoisotopic (exact) mass is 419 g/mol. The van der Waals surface area contributed by atoms with Crippen molar-refractivity contribution in [1.82, 2.24) is 10.1 Å². The lowest BCUT2D eigenvalue weighted by molar-refractivity contribution is 0.432. The third-order valence-electron chi connectivity index (χ3n) is 5.04. The molecule has 0 spiro atoms. The second-order valence-electron chi connectivity index (χ2n) is 6.80. The van der Waals surface area contributed by atoms with Gasteiger partial charge >= 0.3 is 0 Å². The smallest absolute Gasteiger partial charge is 0.258 e. The van der Waals surface area contributed by atoms with Crippen LogP contribution in [0.25, 0.3) is 22.8 Å². The summed E-state index contributed by atoms with van der Waals surface area (Å²) in [5, 5.41) is 3.76. The van der Waals surface area contributed by atoms with Gasteiger partial charge in [0.2, 0.25) is 5.82 Å². The fourth-order valence-corrected chi connectivity index (χ4v) is 5.28. The molecule has 0 bridgehead atoms. The number of aromatic nitrogens is 2. The van der Waals surface area contributed by atoms with Gasteiger partial charge in [0, 0.05) is 17.7 Å². The van der Waals surface area contributed by atoms with Crippen LogP contribution in [-0.2, 0) is 16.4 Å². The lowest BCUT2D eigenvalue weighted by Gasteiger charge is -2.11. The summed E-state index contributed by atoms with van der Waals surface area (Å²) in [5.41, 5.74) is 8.17. The number of hydrogen-bond acceptors (Lipinski definition) is 6. The Kier molecular flexibility index (Phi) is 6.17. The summed E-state index contributed by atoms with van der Waals surface area (Å²) in [5.74, 6) is 0.842. The third kappa shape index (κ3) is 3.97. The summed E-state index contributed by atoms with van der Waals surface area (Å²) >= 11 is 0. The normalized spacial score (nSPS) is 14.8. The molecule has 1 aliphatic rings. The molecule has 0 amide bonds. The van der Waals surface area contributed by atoms with Gasteiger partial charge in [-0.2, -0.15) is 4.98 Å². The second kappa shape index (κ2) is 8.43. The first kappa shape index (κ1) is 20.5. The first-order valence-electron chi connectivity index (χ1n) is 9.05. The van der Waals surface area contributed by atoms with Crippen molar-refractivity contribution in [2.45, 2.75) is 42.4 Å². The predicted octanol–water partition coefficient (Wildman–Crippen LogP) is 4.00. The van der Waals surface area contributed by atoms with E-state index in [2.05, 4.69) is 10.1 Å². The van der Waals surface area contributed by atoms with Crippen LogP contribution in [0.3, 0.4) is 0 Å². The van der Waals surface area contributed by atoms with Crippen LogP contribution in [0.5, 0.6) is 0 Å². The molecule has 0 atom stereocenters. The molecular formula is C20H22ClN3O3S. The minimum Gasteiger partial charge on any atom is -0.334 e. The maximum Gasteiger partial charge on any atom is 0.258 e. The van der Waals surface area contributed by atoms with Crippen LogP contribution in [-0.4, -0.2) is 23.8 Å². The Balaban J connectivity index is 0.00000225. The first-order valence-corrected chi connectivity index (χ1v) is 10.6. The Hall–Kier alpha value is -2.22. The molecule has 0 radical (unpaired) electrons. The van der Waals surface area contributed by atoms with E-state index in [0.717, 1.165) is 36.8 Å². The summed E-state index contributed by atoms with van der Waals surface area (Å²) in [6.45, 7) is 0.480. The predicted molar refractivity (Wildman–Crippen MR) is 110 cm³/mol. The summed E-state index contributed by atoms with van der Waals surface area (Å²) < 4.78 is 30.7. The Morgan fingerprint density at radius 1 is 0.964 bits per heavy atom. The largest absolute Gasteiger partial charge is 0.334 e. The summed E-state index contributed by atoms with van der Waals surface area (Å²) in [4.78, 5) is 4.77. The van der Waals surface area contributed by atoms with Crippen molar-refractivity contribution in [2.24, 2.45) is 5.73 Å². The maximum atomic E-state index is 12.7.